The van der Waals surface area contributed by atoms with Crippen LogP contribution in [0.5, 0.6) is 5.75 Å². The van der Waals surface area contributed by atoms with Gasteiger partial charge in [-0.05, 0) is 30.7 Å². The van der Waals surface area contributed by atoms with Crippen LogP contribution in [0, 0.1) is 6.92 Å². The summed E-state index contributed by atoms with van der Waals surface area (Å²) in [6, 6.07) is 12.6. The average Bonchev–Trinajstić information content (AvgIpc) is 2.91. The van der Waals surface area contributed by atoms with Gasteiger partial charge < -0.3 is 9.63 Å². The highest BCUT2D eigenvalue weighted by Gasteiger charge is 2.14. The summed E-state index contributed by atoms with van der Waals surface area (Å²) >= 11 is 5.94. The molecule has 0 aliphatic carbocycles. The maximum absolute atomic E-state index is 10.0. The van der Waals surface area contributed by atoms with Crippen LogP contribution >= 0.6 is 11.6 Å². The Balaban J connectivity index is 2.04. The molecule has 0 amide bonds. The third kappa shape index (κ3) is 2.26. The first-order chi connectivity index (χ1) is 9.65. The van der Waals surface area contributed by atoms with Crippen LogP contribution in [-0.4, -0.2) is 15.2 Å². The number of aromatic nitrogens is 2. The van der Waals surface area contributed by atoms with Gasteiger partial charge in [0.25, 0.3) is 5.89 Å². The Hall–Kier alpha value is -2.33. The highest BCUT2D eigenvalue weighted by Crippen LogP contribution is 2.31. The van der Waals surface area contributed by atoms with Crippen LogP contribution in [0.4, 0.5) is 0 Å². The predicted octanol–water partition coefficient (Wildman–Crippen LogP) is 4.07. The summed E-state index contributed by atoms with van der Waals surface area (Å²) in [5.41, 5.74) is 2.04. The second-order valence-electron chi connectivity index (χ2n) is 4.40. The summed E-state index contributed by atoms with van der Waals surface area (Å²) in [6.45, 7) is 1.81. The minimum atomic E-state index is 0.147. The van der Waals surface area contributed by atoms with Crippen LogP contribution in [0.25, 0.3) is 22.8 Å². The molecule has 1 N–H and O–H groups in total. The van der Waals surface area contributed by atoms with Gasteiger partial charge in [-0.1, -0.05) is 41.0 Å². The van der Waals surface area contributed by atoms with Crippen molar-refractivity contribution >= 4 is 11.6 Å². The molecule has 20 heavy (non-hydrogen) atoms. The Morgan fingerprint density at radius 2 is 1.95 bits per heavy atom. The first-order valence-corrected chi connectivity index (χ1v) is 6.41. The summed E-state index contributed by atoms with van der Waals surface area (Å²) in [6.07, 6.45) is 0. The molecule has 0 aliphatic rings. The van der Waals surface area contributed by atoms with E-state index in [-0.39, 0.29) is 11.6 Å². The van der Waals surface area contributed by atoms with Crippen LogP contribution < -0.4 is 0 Å². The van der Waals surface area contributed by atoms with E-state index in [4.69, 9.17) is 16.1 Å². The Morgan fingerprint density at radius 1 is 1.15 bits per heavy atom. The van der Waals surface area contributed by atoms with E-state index in [0.717, 1.165) is 11.1 Å². The van der Waals surface area contributed by atoms with Gasteiger partial charge in [0.1, 0.15) is 5.75 Å². The molecule has 0 saturated carbocycles. The number of para-hydroxylation sites is 1. The van der Waals surface area contributed by atoms with Crippen molar-refractivity contribution in [3.05, 3.63) is 53.1 Å². The van der Waals surface area contributed by atoms with Crippen molar-refractivity contribution in [2.24, 2.45) is 0 Å². The normalized spacial score (nSPS) is 10.7. The summed E-state index contributed by atoms with van der Waals surface area (Å²) in [7, 11) is 0. The van der Waals surface area contributed by atoms with Gasteiger partial charge in [0, 0.05) is 10.6 Å². The van der Waals surface area contributed by atoms with Gasteiger partial charge >= 0.3 is 0 Å². The van der Waals surface area contributed by atoms with E-state index >= 15 is 0 Å². The molecule has 3 aromatic rings. The van der Waals surface area contributed by atoms with E-state index in [2.05, 4.69) is 10.1 Å². The summed E-state index contributed by atoms with van der Waals surface area (Å²) in [5.74, 6) is 0.860. The number of hydrogen-bond donors (Lipinski definition) is 1. The molecule has 3 rings (SSSR count). The van der Waals surface area contributed by atoms with Crippen LogP contribution in [0.1, 0.15) is 5.56 Å². The lowest BCUT2D eigenvalue weighted by Crippen LogP contribution is -1.83. The van der Waals surface area contributed by atoms with Gasteiger partial charge in [0.05, 0.1) is 5.56 Å². The van der Waals surface area contributed by atoms with E-state index in [1.54, 1.807) is 18.2 Å². The minimum Gasteiger partial charge on any atom is -0.507 e. The zero-order valence-electron chi connectivity index (χ0n) is 10.7. The fourth-order valence-corrected chi connectivity index (χ4v) is 2.10. The molecule has 0 saturated heterocycles. The third-order valence-electron chi connectivity index (χ3n) is 2.98. The summed E-state index contributed by atoms with van der Waals surface area (Å²) < 4.78 is 5.22. The second-order valence-corrected chi connectivity index (χ2v) is 4.84. The van der Waals surface area contributed by atoms with Gasteiger partial charge in [-0.15, -0.1) is 0 Å². The number of halogens is 1. The van der Waals surface area contributed by atoms with E-state index in [1.165, 1.54) is 0 Å². The van der Waals surface area contributed by atoms with Crippen molar-refractivity contribution in [1.82, 2.24) is 10.1 Å². The van der Waals surface area contributed by atoms with Gasteiger partial charge in [-0.2, -0.15) is 4.98 Å². The fourth-order valence-electron chi connectivity index (χ4n) is 1.91. The molecule has 100 valence electrons. The number of phenolic OH excluding ortho intramolecular Hbond substituents is 1. The van der Waals surface area contributed by atoms with Crippen LogP contribution in [0.15, 0.2) is 47.0 Å². The first kappa shape index (κ1) is 12.7. The van der Waals surface area contributed by atoms with Crippen molar-refractivity contribution in [3.63, 3.8) is 0 Å². The monoisotopic (exact) mass is 286 g/mol. The molecule has 2 aromatic carbocycles. The standard InChI is InChI=1S/C15H11ClN2O2/c1-9-4-2-7-12(13(9)19)15-17-14(18-20-15)10-5-3-6-11(16)8-10/h2-8,19H,1H3. The van der Waals surface area contributed by atoms with Crippen molar-refractivity contribution in [2.45, 2.75) is 6.92 Å². The zero-order valence-corrected chi connectivity index (χ0v) is 11.4. The lowest BCUT2D eigenvalue weighted by Gasteiger charge is -2.01. The smallest absolute Gasteiger partial charge is 0.262 e. The molecule has 0 fully saturated rings. The molecule has 0 aliphatic heterocycles. The quantitative estimate of drug-likeness (QED) is 0.771. The molecule has 0 atom stereocenters. The average molecular weight is 287 g/mol. The fraction of sp³-hybridized carbons (Fsp3) is 0.0667. The van der Waals surface area contributed by atoms with Crippen molar-refractivity contribution in [1.29, 1.82) is 0 Å². The van der Waals surface area contributed by atoms with E-state index < -0.39 is 0 Å². The molecule has 0 unspecified atom stereocenters. The van der Waals surface area contributed by atoms with E-state index in [1.807, 2.05) is 31.2 Å². The van der Waals surface area contributed by atoms with Crippen LogP contribution in [-0.2, 0) is 0 Å². The minimum absolute atomic E-state index is 0.147. The molecule has 0 bridgehead atoms. The Kier molecular flexibility index (Phi) is 3.16. The SMILES string of the molecule is Cc1cccc(-c2nc(-c3cccc(Cl)c3)no2)c1O. The molecule has 0 radical (unpaired) electrons. The second kappa shape index (κ2) is 4.98. The molecular weight excluding hydrogens is 276 g/mol. The number of phenols is 1. The third-order valence-corrected chi connectivity index (χ3v) is 3.21. The topological polar surface area (TPSA) is 59.2 Å². The molecular formula is C15H11ClN2O2. The number of nitrogens with zero attached hydrogens (tertiary/aromatic N) is 2. The van der Waals surface area contributed by atoms with Crippen LogP contribution in [0.2, 0.25) is 5.02 Å². The number of hydrogen-bond acceptors (Lipinski definition) is 4. The zero-order chi connectivity index (χ0) is 14.1. The number of aromatic hydroxyl groups is 1. The van der Waals surface area contributed by atoms with Crippen LogP contribution in [0.3, 0.4) is 0 Å². The first-order valence-electron chi connectivity index (χ1n) is 6.04. The highest BCUT2D eigenvalue weighted by molar-refractivity contribution is 6.30. The molecule has 1 aromatic heterocycles. The number of benzene rings is 2. The lowest BCUT2D eigenvalue weighted by atomic mass is 10.1. The lowest BCUT2D eigenvalue weighted by molar-refractivity contribution is 0.425. The predicted molar refractivity (Wildman–Crippen MR) is 76.6 cm³/mol. The Bertz CT molecular complexity index is 768. The van der Waals surface area contributed by atoms with E-state index in [9.17, 15) is 5.11 Å². The highest BCUT2D eigenvalue weighted by atomic mass is 35.5. The van der Waals surface area contributed by atoms with Crippen molar-refractivity contribution in [2.75, 3.05) is 0 Å². The number of rotatable bonds is 2. The Morgan fingerprint density at radius 3 is 2.75 bits per heavy atom. The molecule has 5 heteroatoms. The van der Waals surface area contributed by atoms with Gasteiger partial charge in [0.2, 0.25) is 5.82 Å². The summed E-state index contributed by atoms with van der Waals surface area (Å²) in [5, 5.41) is 14.5. The maximum atomic E-state index is 10.0. The van der Waals surface area contributed by atoms with Gasteiger partial charge in [0.15, 0.2) is 0 Å². The van der Waals surface area contributed by atoms with Crippen molar-refractivity contribution < 1.29 is 9.63 Å². The largest absolute Gasteiger partial charge is 0.507 e. The Labute approximate surface area is 120 Å². The number of aryl methyl sites for hydroxylation is 1. The molecule has 0 spiro atoms. The van der Waals surface area contributed by atoms with Crippen molar-refractivity contribution in [3.8, 4) is 28.6 Å². The van der Waals surface area contributed by atoms with Gasteiger partial charge in [-0.25, -0.2) is 0 Å². The summed E-state index contributed by atoms with van der Waals surface area (Å²) in [4.78, 5) is 4.30. The van der Waals surface area contributed by atoms with Gasteiger partial charge in [-0.3, -0.25) is 0 Å². The molecule has 4 nitrogen and oxygen atoms in total. The maximum Gasteiger partial charge on any atom is 0.262 e. The molecule has 1 heterocycles. The van der Waals surface area contributed by atoms with E-state index in [0.29, 0.717) is 16.4 Å².